The summed E-state index contributed by atoms with van der Waals surface area (Å²) in [7, 11) is 1.87. The van der Waals surface area contributed by atoms with Gasteiger partial charge in [-0.25, -0.2) is 12.9 Å². The lowest BCUT2D eigenvalue weighted by Crippen LogP contribution is -2.44. The second-order valence-electron chi connectivity index (χ2n) is 7.87. The highest BCUT2D eigenvalue weighted by Crippen LogP contribution is 2.48. The standard InChI is InChI=1S/C22H23IN6OS/c1-13(2)25-22(30)29-9-6-14(7-10-29)19-12-16-17(5-8-24-21(16)27-19)26-15-3-4-18-20(11-15)31-23-28-18/h3-6,8,11-13H,7,9-10H2,1-2H3,(H,25,30)(H2,24,26,27). The molecule has 0 fully saturated rings. The Balaban J connectivity index is 1.36. The zero-order valence-electron chi connectivity index (χ0n) is 17.3. The molecule has 3 aromatic rings. The Kier molecular flexibility index (Phi) is 5.70. The van der Waals surface area contributed by atoms with E-state index in [0.29, 0.717) is 13.1 Å². The van der Waals surface area contributed by atoms with Gasteiger partial charge in [-0.3, -0.25) is 0 Å². The first-order chi connectivity index (χ1) is 15.1. The van der Waals surface area contributed by atoms with E-state index < -0.39 is 0 Å². The largest absolute Gasteiger partial charge is 0.355 e. The molecule has 160 valence electrons. The van der Waals surface area contributed by atoms with E-state index >= 15 is 0 Å². The van der Waals surface area contributed by atoms with E-state index in [1.165, 1.54) is 10.5 Å². The van der Waals surface area contributed by atoms with Crippen LogP contribution in [-0.2, 0) is 0 Å². The van der Waals surface area contributed by atoms with Crippen molar-refractivity contribution in [2.75, 3.05) is 18.4 Å². The minimum Gasteiger partial charge on any atom is -0.355 e. The van der Waals surface area contributed by atoms with Crippen LogP contribution in [0.15, 0.2) is 50.6 Å². The van der Waals surface area contributed by atoms with Crippen LogP contribution >= 0.6 is 28.6 Å². The molecule has 2 amide bonds. The number of hydrogen-bond donors (Lipinski definition) is 3. The van der Waals surface area contributed by atoms with Crippen molar-refractivity contribution in [3.63, 3.8) is 0 Å². The fourth-order valence-corrected chi connectivity index (χ4v) is 7.47. The molecule has 0 saturated heterocycles. The Morgan fingerprint density at radius 2 is 2.19 bits per heavy atom. The van der Waals surface area contributed by atoms with Gasteiger partial charge < -0.3 is 20.5 Å². The molecule has 0 bridgehead atoms. The summed E-state index contributed by atoms with van der Waals surface area (Å²) in [6, 6.07) is 10.6. The van der Waals surface area contributed by atoms with Gasteiger partial charge in [0.2, 0.25) is 0 Å². The molecule has 9 heteroatoms. The Morgan fingerprint density at radius 1 is 1.29 bits per heavy atom. The zero-order chi connectivity index (χ0) is 21.4. The predicted octanol–water partition coefficient (Wildman–Crippen LogP) is 6.32. The molecule has 5 rings (SSSR count). The monoisotopic (exact) mass is 546 g/mol. The van der Waals surface area contributed by atoms with Crippen molar-refractivity contribution < 1.29 is 4.79 Å². The summed E-state index contributed by atoms with van der Waals surface area (Å²) in [5, 5.41) is 7.57. The van der Waals surface area contributed by atoms with Crippen LogP contribution in [0.2, 0.25) is 0 Å². The molecule has 0 unspecified atom stereocenters. The molecule has 1 aromatic carbocycles. The van der Waals surface area contributed by atoms with Gasteiger partial charge >= 0.3 is 6.03 Å². The van der Waals surface area contributed by atoms with Gasteiger partial charge in [-0.15, -0.1) is 0 Å². The number of amides is 2. The van der Waals surface area contributed by atoms with E-state index in [1.807, 2.05) is 39.9 Å². The van der Waals surface area contributed by atoms with Gasteiger partial charge in [0.25, 0.3) is 0 Å². The van der Waals surface area contributed by atoms with Crippen LogP contribution in [-0.4, -0.2) is 40.0 Å². The first kappa shape index (κ1) is 20.5. The van der Waals surface area contributed by atoms with E-state index in [1.54, 1.807) is 0 Å². The number of pyridine rings is 1. The molecule has 4 heterocycles. The second kappa shape index (κ2) is 8.62. The maximum absolute atomic E-state index is 12.2. The van der Waals surface area contributed by atoms with E-state index in [2.05, 4.69) is 54.1 Å². The third-order valence-corrected chi connectivity index (χ3v) is 9.02. The van der Waals surface area contributed by atoms with Crippen molar-refractivity contribution in [3.8, 4) is 0 Å². The molecule has 0 aliphatic carbocycles. The van der Waals surface area contributed by atoms with Crippen LogP contribution in [0.25, 0.3) is 16.6 Å². The Morgan fingerprint density at radius 3 is 3.00 bits per heavy atom. The van der Waals surface area contributed by atoms with Gasteiger partial charge in [0, 0.05) is 47.0 Å². The van der Waals surface area contributed by atoms with Crippen molar-refractivity contribution in [1.29, 1.82) is 0 Å². The highest BCUT2D eigenvalue weighted by molar-refractivity contribution is 14.2. The number of anilines is 2. The molecule has 3 N–H and O–H groups in total. The summed E-state index contributed by atoms with van der Waals surface area (Å²) in [6.45, 7) is 5.27. The molecule has 0 atom stereocenters. The van der Waals surface area contributed by atoms with Crippen molar-refractivity contribution >= 4 is 68.3 Å². The Labute approximate surface area is 193 Å². The molecule has 2 aliphatic rings. The highest BCUT2D eigenvalue weighted by Gasteiger charge is 2.20. The molecule has 31 heavy (non-hydrogen) atoms. The molecule has 0 spiro atoms. The van der Waals surface area contributed by atoms with E-state index in [-0.39, 0.29) is 31.7 Å². The average molecular weight is 546 g/mol. The lowest BCUT2D eigenvalue weighted by Gasteiger charge is -2.27. The van der Waals surface area contributed by atoms with E-state index in [9.17, 15) is 4.79 Å². The van der Waals surface area contributed by atoms with Gasteiger partial charge in [0.05, 0.1) is 31.0 Å². The first-order valence-corrected chi connectivity index (χ1v) is 14.5. The number of urea groups is 1. The third-order valence-electron chi connectivity index (χ3n) is 5.27. The number of fused-ring (bicyclic) bond motifs is 2. The van der Waals surface area contributed by atoms with Crippen LogP contribution in [0.4, 0.5) is 21.9 Å². The predicted molar refractivity (Wildman–Crippen MR) is 136 cm³/mol. The van der Waals surface area contributed by atoms with E-state index in [0.717, 1.165) is 40.2 Å². The fraction of sp³-hybridized carbons (Fsp3) is 0.273. The van der Waals surface area contributed by atoms with Crippen LogP contribution < -0.4 is 10.6 Å². The minimum atomic E-state index is -0.143. The molecular formula is C22H23IN6OS. The van der Waals surface area contributed by atoms with Crippen molar-refractivity contribution in [2.24, 2.45) is 3.15 Å². The number of carbonyl (C=O) groups is 1. The number of rotatable bonds is 4. The van der Waals surface area contributed by atoms with Crippen molar-refractivity contribution in [2.45, 2.75) is 31.2 Å². The number of halogens is 1. The minimum absolute atomic E-state index is 0.00230. The maximum atomic E-state index is 12.2. The summed E-state index contributed by atoms with van der Waals surface area (Å²) in [5.41, 5.74) is 6.35. The molecule has 7 nitrogen and oxygen atoms in total. The summed E-state index contributed by atoms with van der Waals surface area (Å²) in [4.78, 5) is 23.3. The molecule has 0 saturated carbocycles. The number of carbonyl (C=O) groups excluding carboxylic acids is 1. The SMILES string of the molecule is CC(C)NC(=O)N1CC=C(c2cc3c(Nc4ccc5c(c4)SI=N5)ccnc3[nH]2)CC1. The topological polar surface area (TPSA) is 85.4 Å². The number of aromatic nitrogens is 2. The molecule has 2 aliphatic heterocycles. The summed E-state index contributed by atoms with van der Waals surface area (Å²) in [5.74, 6) is 0. The lowest BCUT2D eigenvalue weighted by atomic mass is 10.0. The van der Waals surface area contributed by atoms with Crippen molar-refractivity contribution in [3.05, 3.63) is 48.3 Å². The zero-order valence-corrected chi connectivity index (χ0v) is 20.3. The number of nitrogens with one attached hydrogen (secondary N) is 3. The second-order valence-corrected chi connectivity index (χ2v) is 11.6. The molecule has 0 radical (unpaired) electrons. The van der Waals surface area contributed by atoms with Gasteiger partial charge in [-0.1, -0.05) is 6.08 Å². The number of nitrogens with zero attached hydrogens (tertiary/aromatic N) is 3. The van der Waals surface area contributed by atoms with Gasteiger partial charge in [0.15, 0.2) is 0 Å². The van der Waals surface area contributed by atoms with Crippen LogP contribution in [0.3, 0.4) is 0 Å². The maximum Gasteiger partial charge on any atom is 0.317 e. The summed E-state index contributed by atoms with van der Waals surface area (Å²) >= 11 is -0.143. The Bertz CT molecular complexity index is 1220. The summed E-state index contributed by atoms with van der Waals surface area (Å²) < 4.78 is 4.58. The number of aromatic amines is 1. The lowest BCUT2D eigenvalue weighted by molar-refractivity contribution is 0.200. The Hall–Kier alpha value is -2.40. The number of H-pyrrole nitrogens is 1. The van der Waals surface area contributed by atoms with Crippen LogP contribution in [0.5, 0.6) is 0 Å². The van der Waals surface area contributed by atoms with Gasteiger partial charge in [-0.05, 0) is 65.1 Å². The third kappa shape index (κ3) is 4.33. The highest BCUT2D eigenvalue weighted by atomic mass is 127. The summed E-state index contributed by atoms with van der Waals surface area (Å²) in [6.07, 6.45) is 4.77. The fourth-order valence-electron chi connectivity index (χ4n) is 3.72. The van der Waals surface area contributed by atoms with Crippen LogP contribution in [0.1, 0.15) is 26.0 Å². The number of benzene rings is 1. The van der Waals surface area contributed by atoms with E-state index in [4.69, 9.17) is 0 Å². The normalized spacial score (nSPS) is 15.6. The van der Waals surface area contributed by atoms with Crippen molar-refractivity contribution in [1.82, 2.24) is 20.2 Å². The average Bonchev–Trinajstić information content (AvgIpc) is 3.40. The smallest absolute Gasteiger partial charge is 0.317 e. The van der Waals surface area contributed by atoms with Gasteiger partial charge in [-0.2, -0.15) is 0 Å². The van der Waals surface area contributed by atoms with Gasteiger partial charge in [0.1, 0.15) is 5.65 Å². The molecule has 2 aromatic heterocycles. The first-order valence-electron chi connectivity index (χ1n) is 10.2. The van der Waals surface area contributed by atoms with Crippen LogP contribution in [0, 0.1) is 0 Å². The quantitative estimate of drug-likeness (QED) is 0.335. The number of hydrogen-bond acceptors (Lipinski definition) is 5. The molecular weight excluding hydrogens is 523 g/mol.